The van der Waals surface area contributed by atoms with Gasteiger partial charge < -0.3 is 20.1 Å². The molecule has 208 valence electrons. The van der Waals surface area contributed by atoms with Gasteiger partial charge in [-0.15, -0.1) is 0 Å². The maximum absolute atomic E-state index is 13.4. The van der Waals surface area contributed by atoms with Crippen LogP contribution >= 0.6 is 11.9 Å². The number of hydrogen-bond acceptors (Lipinski definition) is 7. The van der Waals surface area contributed by atoms with E-state index in [-0.39, 0.29) is 17.2 Å². The molecule has 0 aliphatic carbocycles. The summed E-state index contributed by atoms with van der Waals surface area (Å²) in [6.07, 6.45) is 8.48. The van der Waals surface area contributed by atoms with Gasteiger partial charge in [-0.3, -0.25) is 14.6 Å². The van der Waals surface area contributed by atoms with Crippen molar-refractivity contribution in [2.75, 3.05) is 23.4 Å². The van der Waals surface area contributed by atoms with Crippen LogP contribution < -0.4 is 20.1 Å². The van der Waals surface area contributed by atoms with E-state index in [9.17, 15) is 9.59 Å². The van der Waals surface area contributed by atoms with Crippen molar-refractivity contribution in [1.82, 2.24) is 20.1 Å². The quantitative estimate of drug-likeness (QED) is 0.224. The monoisotopic (exact) mass is 558 g/mol. The standard InChI is InChI=1S/C30H34N6O3S/c1-19-9-10-21(29(38)34-24-13-23(30(2,3)4)14-25(35-40-6)27(24)39-5)12-26(19)36-18-22(17-33-36)28(37)32-16-20-8-7-11-31-15-20/h7-15,17-18,35H,16H2,1-6H3,(H,32,37)(H,34,38). The lowest BCUT2D eigenvalue weighted by molar-refractivity contribution is 0.0950. The molecule has 0 aliphatic rings. The van der Waals surface area contributed by atoms with Crippen LogP contribution in [0.25, 0.3) is 5.69 Å². The Kier molecular flexibility index (Phi) is 8.79. The van der Waals surface area contributed by atoms with Crippen LogP contribution in [0, 0.1) is 6.92 Å². The number of benzene rings is 2. The molecule has 0 unspecified atom stereocenters. The Morgan fingerprint density at radius 1 is 1.02 bits per heavy atom. The Hall–Kier alpha value is -4.31. The van der Waals surface area contributed by atoms with Crippen molar-refractivity contribution in [3.63, 3.8) is 0 Å². The molecule has 0 bridgehead atoms. The molecule has 0 spiro atoms. The largest absolute Gasteiger partial charge is 0.492 e. The highest BCUT2D eigenvalue weighted by Crippen LogP contribution is 2.39. The predicted molar refractivity (Wildman–Crippen MR) is 160 cm³/mol. The fourth-order valence-corrected chi connectivity index (χ4v) is 4.48. The molecule has 3 N–H and O–H groups in total. The fourth-order valence-electron chi connectivity index (χ4n) is 4.11. The minimum atomic E-state index is -0.290. The maximum atomic E-state index is 13.4. The first-order chi connectivity index (χ1) is 19.1. The second-order valence-corrected chi connectivity index (χ2v) is 10.9. The molecule has 0 saturated carbocycles. The first-order valence-electron chi connectivity index (χ1n) is 12.8. The van der Waals surface area contributed by atoms with Crippen LogP contribution in [0.1, 0.15) is 58.2 Å². The SMILES string of the molecule is COc1c(NSC)cc(C(C)(C)C)cc1NC(=O)c1ccc(C)c(-n2cc(C(=O)NCc3cccnc3)cn2)c1. The number of ether oxygens (including phenoxy) is 1. The molecule has 2 aromatic carbocycles. The van der Waals surface area contributed by atoms with Crippen LogP contribution in [0.2, 0.25) is 0 Å². The lowest BCUT2D eigenvalue weighted by Gasteiger charge is -2.24. The average molecular weight is 559 g/mol. The zero-order chi connectivity index (χ0) is 28.9. The third-order valence-electron chi connectivity index (χ3n) is 6.36. The van der Waals surface area contributed by atoms with Crippen LogP contribution in [0.5, 0.6) is 5.75 Å². The Labute approximate surface area is 238 Å². The summed E-state index contributed by atoms with van der Waals surface area (Å²) in [5, 5.41) is 10.3. The van der Waals surface area contributed by atoms with Crippen molar-refractivity contribution < 1.29 is 14.3 Å². The second-order valence-electron chi connectivity index (χ2n) is 10.3. The number of anilines is 2. The van der Waals surface area contributed by atoms with Gasteiger partial charge in [0.1, 0.15) is 0 Å². The smallest absolute Gasteiger partial charge is 0.255 e. The van der Waals surface area contributed by atoms with Crippen molar-refractivity contribution >= 4 is 35.1 Å². The summed E-state index contributed by atoms with van der Waals surface area (Å²) in [6, 6.07) is 13.1. The number of carbonyl (C=O) groups excluding carboxylic acids is 2. The highest BCUT2D eigenvalue weighted by molar-refractivity contribution is 7.99. The molecular formula is C30H34N6O3S. The molecule has 0 saturated heterocycles. The highest BCUT2D eigenvalue weighted by Gasteiger charge is 2.21. The number of methoxy groups -OCH3 is 1. The van der Waals surface area contributed by atoms with Crippen molar-refractivity contribution in [1.29, 1.82) is 0 Å². The van der Waals surface area contributed by atoms with Crippen molar-refractivity contribution in [3.8, 4) is 11.4 Å². The average Bonchev–Trinajstić information content (AvgIpc) is 3.42. The molecule has 9 nitrogen and oxygen atoms in total. The summed E-state index contributed by atoms with van der Waals surface area (Å²) in [5.41, 5.74) is 5.63. The van der Waals surface area contributed by atoms with Crippen LogP contribution in [0.3, 0.4) is 0 Å². The van der Waals surface area contributed by atoms with Gasteiger partial charge in [-0.1, -0.05) is 44.9 Å². The Morgan fingerprint density at radius 2 is 1.80 bits per heavy atom. The lowest BCUT2D eigenvalue weighted by atomic mass is 9.86. The molecule has 0 fully saturated rings. The van der Waals surface area contributed by atoms with Gasteiger partial charge in [-0.05, 0) is 59.4 Å². The Balaban J connectivity index is 1.57. The molecular weight excluding hydrogens is 524 g/mol. The minimum Gasteiger partial charge on any atom is -0.492 e. The van der Waals surface area contributed by atoms with E-state index in [0.717, 1.165) is 22.4 Å². The number of aryl methyl sites for hydroxylation is 1. The van der Waals surface area contributed by atoms with E-state index in [4.69, 9.17) is 4.74 Å². The number of amides is 2. The van der Waals surface area contributed by atoms with Gasteiger partial charge >= 0.3 is 0 Å². The minimum absolute atomic E-state index is 0.139. The van der Waals surface area contributed by atoms with Crippen LogP contribution in [0.4, 0.5) is 11.4 Å². The van der Waals surface area contributed by atoms with E-state index in [1.807, 2.05) is 43.5 Å². The summed E-state index contributed by atoms with van der Waals surface area (Å²) in [4.78, 5) is 30.2. The fraction of sp³-hybridized carbons (Fsp3) is 0.267. The summed E-state index contributed by atoms with van der Waals surface area (Å²) >= 11 is 1.45. The molecule has 0 radical (unpaired) electrons. The number of pyridine rings is 1. The van der Waals surface area contributed by atoms with Gasteiger partial charge in [-0.2, -0.15) is 5.10 Å². The van der Waals surface area contributed by atoms with Gasteiger partial charge in [0, 0.05) is 37.0 Å². The van der Waals surface area contributed by atoms with E-state index < -0.39 is 0 Å². The second kappa shape index (κ2) is 12.3. The van der Waals surface area contributed by atoms with E-state index in [1.54, 1.807) is 42.5 Å². The molecule has 0 aliphatic heterocycles. The van der Waals surface area contributed by atoms with Crippen molar-refractivity contribution in [2.45, 2.75) is 39.7 Å². The Morgan fingerprint density at radius 3 is 2.48 bits per heavy atom. The zero-order valence-electron chi connectivity index (χ0n) is 23.5. The van der Waals surface area contributed by atoms with E-state index in [0.29, 0.717) is 34.8 Å². The van der Waals surface area contributed by atoms with Gasteiger partial charge in [-0.25, -0.2) is 4.68 Å². The van der Waals surface area contributed by atoms with Gasteiger partial charge in [0.05, 0.1) is 35.9 Å². The number of aromatic nitrogens is 3. The van der Waals surface area contributed by atoms with Gasteiger partial charge in [0.25, 0.3) is 11.8 Å². The summed E-state index contributed by atoms with van der Waals surface area (Å²) in [6.45, 7) is 8.64. The third-order valence-corrected chi connectivity index (χ3v) is 6.78. The van der Waals surface area contributed by atoms with Crippen LogP contribution in [-0.2, 0) is 12.0 Å². The van der Waals surface area contributed by atoms with E-state index in [1.165, 1.54) is 18.1 Å². The van der Waals surface area contributed by atoms with Crippen molar-refractivity contribution in [3.05, 3.63) is 95.1 Å². The summed E-state index contributed by atoms with van der Waals surface area (Å²) in [7, 11) is 1.58. The molecule has 40 heavy (non-hydrogen) atoms. The van der Waals surface area contributed by atoms with Gasteiger partial charge in [0.2, 0.25) is 0 Å². The summed E-state index contributed by atoms with van der Waals surface area (Å²) in [5.74, 6) is 0.0153. The molecule has 2 heterocycles. The molecule has 2 aromatic heterocycles. The van der Waals surface area contributed by atoms with E-state index >= 15 is 0 Å². The van der Waals surface area contributed by atoms with Crippen molar-refractivity contribution in [2.24, 2.45) is 0 Å². The van der Waals surface area contributed by atoms with Crippen LogP contribution in [0.15, 0.2) is 67.3 Å². The normalized spacial score (nSPS) is 11.2. The molecule has 0 atom stereocenters. The number of hydrogen-bond donors (Lipinski definition) is 3. The zero-order valence-corrected chi connectivity index (χ0v) is 24.3. The van der Waals surface area contributed by atoms with Crippen LogP contribution in [-0.4, -0.2) is 39.9 Å². The molecule has 2 amide bonds. The number of carbonyl (C=O) groups is 2. The van der Waals surface area contributed by atoms with Gasteiger partial charge in [0.15, 0.2) is 5.75 Å². The molecule has 10 heteroatoms. The number of rotatable bonds is 9. The summed E-state index contributed by atoms with van der Waals surface area (Å²) < 4.78 is 10.5. The highest BCUT2D eigenvalue weighted by atomic mass is 32.2. The third kappa shape index (κ3) is 6.63. The molecule has 4 aromatic rings. The number of nitrogens with zero attached hydrogens (tertiary/aromatic N) is 3. The first kappa shape index (κ1) is 28.7. The lowest BCUT2D eigenvalue weighted by Crippen LogP contribution is -2.22. The maximum Gasteiger partial charge on any atom is 0.255 e. The number of nitrogens with one attached hydrogen (secondary N) is 3. The predicted octanol–water partition coefficient (Wildman–Crippen LogP) is 5.75. The molecule has 4 rings (SSSR count). The first-order valence-corrected chi connectivity index (χ1v) is 14.0. The van der Waals surface area contributed by atoms with E-state index in [2.05, 4.69) is 46.2 Å². The topological polar surface area (TPSA) is 110 Å². The Bertz CT molecular complexity index is 1510.